The van der Waals surface area contributed by atoms with Gasteiger partial charge in [-0.2, -0.15) is 0 Å². The molecular formula is C16H25FN2. The monoisotopic (exact) mass is 264 g/mol. The second-order valence-electron chi connectivity index (χ2n) is 6.23. The van der Waals surface area contributed by atoms with Crippen molar-refractivity contribution in [2.45, 2.75) is 51.7 Å². The second kappa shape index (κ2) is 5.59. The van der Waals surface area contributed by atoms with E-state index < -0.39 is 0 Å². The summed E-state index contributed by atoms with van der Waals surface area (Å²) in [6.07, 6.45) is 1.13. The van der Waals surface area contributed by atoms with Crippen molar-refractivity contribution < 1.29 is 4.39 Å². The van der Waals surface area contributed by atoms with Crippen LogP contribution in [-0.4, -0.2) is 29.6 Å². The molecule has 1 aliphatic rings. The number of halogens is 1. The molecule has 0 bridgehead atoms. The Morgan fingerprint density at radius 3 is 2.58 bits per heavy atom. The van der Waals surface area contributed by atoms with Gasteiger partial charge in [-0.05, 0) is 44.9 Å². The van der Waals surface area contributed by atoms with Crippen LogP contribution in [0.25, 0.3) is 0 Å². The van der Waals surface area contributed by atoms with Gasteiger partial charge >= 0.3 is 0 Å². The van der Waals surface area contributed by atoms with Crippen LogP contribution in [0.4, 0.5) is 4.39 Å². The average Bonchev–Trinajstić information content (AvgIpc) is 2.38. The molecule has 2 rings (SSSR count). The van der Waals surface area contributed by atoms with Gasteiger partial charge in [0.1, 0.15) is 5.82 Å². The minimum atomic E-state index is -0.163. The van der Waals surface area contributed by atoms with Gasteiger partial charge in [0.25, 0.3) is 0 Å². The van der Waals surface area contributed by atoms with Crippen LogP contribution in [0, 0.1) is 5.82 Å². The summed E-state index contributed by atoms with van der Waals surface area (Å²) in [6.45, 7) is 11.0. The minimum absolute atomic E-state index is 0.139. The summed E-state index contributed by atoms with van der Waals surface area (Å²) in [5.74, 6) is -0.163. The zero-order valence-corrected chi connectivity index (χ0v) is 12.4. The summed E-state index contributed by atoms with van der Waals surface area (Å²) in [5, 5.41) is 3.60. The van der Waals surface area contributed by atoms with Crippen molar-refractivity contribution in [3.63, 3.8) is 0 Å². The van der Waals surface area contributed by atoms with E-state index in [0.29, 0.717) is 12.1 Å². The van der Waals surface area contributed by atoms with Gasteiger partial charge in [-0.25, -0.2) is 4.39 Å². The van der Waals surface area contributed by atoms with Crippen LogP contribution in [0.5, 0.6) is 0 Å². The summed E-state index contributed by atoms with van der Waals surface area (Å²) in [6, 6.07) is 7.80. The highest BCUT2D eigenvalue weighted by Gasteiger charge is 2.34. The lowest BCUT2D eigenvalue weighted by molar-refractivity contribution is 0.0580. The molecule has 2 atom stereocenters. The molecule has 1 aromatic rings. The van der Waals surface area contributed by atoms with Crippen LogP contribution in [0.1, 0.15) is 45.7 Å². The van der Waals surface area contributed by atoms with Gasteiger partial charge in [-0.3, -0.25) is 4.90 Å². The quantitative estimate of drug-likeness (QED) is 0.900. The van der Waals surface area contributed by atoms with E-state index >= 15 is 0 Å². The first-order valence-corrected chi connectivity index (χ1v) is 7.19. The smallest absolute Gasteiger partial charge is 0.123 e. The van der Waals surface area contributed by atoms with Crippen molar-refractivity contribution in [3.05, 3.63) is 35.6 Å². The molecule has 0 radical (unpaired) electrons. The zero-order chi connectivity index (χ0) is 14.0. The minimum Gasteiger partial charge on any atom is -0.309 e. The van der Waals surface area contributed by atoms with Gasteiger partial charge in [0.15, 0.2) is 0 Å². The summed E-state index contributed by atoms with van der Waals surface area (Å²) in [5.41, 5.74) is 1.33. The number of nitrogens with one attached hydrogen (secondary N) is 1. The third-order valence-electron chi connectivity index (χ3n) is 4.18. The first-order valence-electron chi connectivity index (χ1n) is 7.19. The Morgan fingerprint density at radius 1 is 1.37 bits per heavy atom. The number of rotatable bonds is 3. The van der Waals surface area contributed by atoms with Gasteiger partial charge in [0, 0.05) is 30.7 Å². The van der Waals surface area contributed by atoms with Crippen LogP contribution in [-0.2, 0) is 0 Å². The molecule has 0 saturated carbocycles. The molecule has 2 nitrogen and oxygen atoms in total. The molecule has 1 heterocycles. The summed E-state index contributed by atoms with van der Waals surface area (Å²) in [7, 11) is 0. The normalized spacial score (nSPS) is 25.2. The molecule has 1 N–H and O–H groups in total. The van der Waals surface area contributed by atoms with Gasteiger partial charge in [-0.1, -0.05) is 19.1 Å². The number of hydrogen-bond acceptors (Lipinski definition) is 2. The third kappa shape index (κ3) is 3.34. The lowest BCUT2D eigenvalue weighted by atomic mass is 9.94. The van der Waals surface area contributed by atoms with E-state index in [0.717, 1.165) is 19.5 Å². The van der Waals surface area contributed by atoms with Crippen molar-refractivity contribution >= 4 is 0 Å². The molecule has 1 aromatic carbocycles. The molecule has 0 aliphatic carbocycles. The van der Waals surface area contributed by atoms with E-state index in [1.807, 2.05) is 12.1 Å². The Labute approximate surface area is 116 Å². The lowest BCUT2D eigenvalue weighted by Crippen LogP contribution is -2.61. The maximum absolute atomic E-state index is 13.0. The first-order chi connectivity index (χ1) is 8.93. The van der Waals surface area contributed by atoms with Crippen LogP contribution < -0.4 is 5.32 Å². The van der Waals surface area contributed by atoms with Crippen molar-refractivity contribution in [3.8, 4) is 0 Å². The second-order valence-corrected chi connectivity index (χ2v) is 6.23. The molecule has 0 amide bonds. The molecule has 1 saturated heterocycles. The first kappa shape index (κ1) is 14.5. The molecule has 1 aliphatic heterocycles. The van der Waals surface area contributed by atoms with E-state index in [2.05, 4.69) is 37.9 Å². The summed E-state index contributed by atoms with van der Waals surface area (Å²) < 4.78 is 13.0. The average molecular weight is 264 g/mol. The topological polar surface area (TPSA) is 15.3 Å². The van der Waals surface area contributed by atoms with Crippen LogP contribution >= 0.6 is 0 Å². The molecule has 106 valence electrons. The summed E-state index contributed by atoms with van der Waals surface area (Å²) in [4.78, 5) is 2.55. The molecule has 0 spiro atoms. The fourth-order valence-electron chi connectivity index (χ4n) is 2.92. The number of nitrogens with zero attached hydrogens (tertiary/aromatic N) is 1. The zero-order valence-electron chi connectivity index (χ0n) is 12.4. The van der Waals surface area contributed by atoms with Gasteiger partial charge in [0.2, 0.25) is 0 Å². The Bertz CT molecular complexity index is 413. The fourth-order valence-corrected chi connectivity index (χ4v) is 2.92. The Hall–Kier alpha value is -0.930. The lowest BCUT2D eigenvalue weighted by Gasteiger charge is -2.47. The van der Waals surface area contributed by atoms with Crippen molar-refractivity contribution in [2.24, 2.45) is 0 Å². The maximum Gasteiger partial charge on any atom is 0.123 e. The van der Waals surface area contributed by atoms with Crippen molar-refractivity contribution in [1.82, 2.24) is 10.2 Å². The Kier molecular flexibility index (Phi) is 4.26. The Morgan fingerprint density at radius 2 is 2.00 bits per heavy atom. The van der Waals surface area contributed by atoms with Gasteiger partial charge < -0.3 is 5.32 Å². The predicted molar refractivity (Wildman–Crippen MR) is 77.7 cm³/mol. The molecular weight excluding hydrogens is 239 g/mol. The van der Waals surface area contributed by atoms with E-state index in [1.54, 1.807) is 12.1 Å². The molecule has 3 heteroatoms. The molecule has 2 unspecified atom stereocenters. The highest BCUT2D eigenvalue weighted by molar-refractivity contribution is 5.20. The van der Waals surface area contributed by atoms with E-state index in [-0.39, 0.29) is 11.4 Å². The van der Waals surface area contributed by atoms with E-state index in [4.69, 9.17) is 0 Å². The molecule has 0 aromatic heterocycles. The number of benzene rings is 1. The molecule has 1 fully saturated rings. The maximum atomic E-state index is 13.0. The Balaban J connectivity index is 2.19. The summed E-state index contributed by atoms with van der Waals surface area (Å²) >= 11 is 0. The number of hydrogen-bond donors (Lipinski definition) is 1. The van der Waals surface area contributed by atoms with Crippen LogP contribution in [0.2, 0.25) is 0 Å². The van der Waals surface area contributed by atoms with Crippen LogP contribution in [0.3, 0.4) is 0 Å². The van der Waals surface area contributed by atoms with E-state index in [9.17, 15) is 4.39 Å². The van der Waals surface area contributed by atoms with Crippen molar-refractivity contribution in [2.75, 3.05) is 13.1 Å². The largest absolute Gasteiger partial charge is 0.309 e. The van der Waals surface area contributed by atoms with E-state index in [1.165, 1.54) is 5.56 Å². The fraction of sp³-hybridized carbons (Fsp3) is 0.625. The van der Waals surface area contributed by atoms with Gasteiger partial charge in [0.05, 0.1) is 0 Å². The standard InChI is InChI=1S/C16H25FN2/c1-5-15-10-18-16(3,4)11-19(15)12(2)13-6-8-14(17)9-7-13/h6-9,12,15,18H,5,10-11H2,1-4H3. The highest BCUT2D eigenvalue weighted by Crippen LogP contribution is 2.28. The predicted octanol–water partition coefficient (Wildman–Crippen LogP) is 3.35. The molecule has 19 heavy (non-hydrogen) atoms. The SMILES string of the molecule is CCC1CNC(C)(C)CN1C(C)c1ccc(F)cc1. The third-order valence-corrected chi connectivity index (χ3v) is 4.18. The highest BCUT2D eigenvalue weighted by atomic mass is 19.1. The van der Waals surface area contributed by atoms with Gasteiger partial charge in [-0.15, -0.1) is 0 Å². The number of piperazine rings is 1. The van der Waals surface area contributed by atoms with Crippen molar-refractivity contribution in [1.29, 1.82) is 0 Å². The van der Waals surface area contributed by atoms with Crippen LogP contribution in [0.15, 0.2) is 24.3 Å².